The lowest BCUT2D eigenvalue weighted by Gasteiger charge is -2.30. The van der Waals surface area contributed by atoms with E-state index in [2.05, 4.69) is 301 Å². The van der Waals surface area contributed by atoms with Crippen LogP contribution in [0.2, 0.25) is 0 Å². The van der Waals surface area contributed by atoms with Crippen LogP contribution in [-0.4, -0.2) is 0 Å². The molecule has 74 heavy (non-hydrogen) atoms. The summed E-state index contributed by atoms with van der Waals surface area (Å²) in [4.78, 5) is 9.54. The highest BCUT2D eigenvalue weighted by atomic mass is 32.2. The van der Waals surface area contributed by atoms with Crippen molar-refractivity contribution >= 4 is 101 Å². The highest BCUT2D eigenvalue weighted by Crippen LogP contribution is 2.48. The van der Waals surface area contributed by atoms with Crippen molar-refractivity contribution in [2.24, 2.45) is 0 Å². The van der Waals surface area contributed by atoms with Gasteiger partial charge in [0.2, 0.25) is 0 Å². The van der Waals surface area contributed by atoms with Crippen LogP contribution in [-0.2, 0) is 0 Å². The molecular formula is C70H48N2S2. The largest absolute Gasteiger partial charge is 0.310 e. The summed E-state index contributed by atoms with van der Waals surface area (Å²) in [6.45, 7) is 0. The average molecular weight is 981 g/mol. The molecule has 0 saturated carbocycles. The van der Waals surface area contributed by atoms with Gasteiger partial charge in [-0.25, -0.2) is 0 Å². The van der Waals surface area contributed by atoms with Gasteiger partial charge in [0.25, 0.3) is 0 Å². The molecule has 0 spiro atoms. The van der Waals surface area contributed by atoms with Crippen LogP contribution in [0.5, 0.6) is 0 Å². The van der Waals surface area contributed by atoms with Crippen molar-refractivity contribution in [3.8, 4) is 22.3 Å². The number of hydrogen-bond acceptors (Lipinski definition) is 4. The molecule has 350 valence electrons. The monoisotopic (exact) mass is 980 g/mol. The van der Waals surface area contributed by atoms with Crippen molar-refractivity contribution < 1.29 is 0 Å². The van der Waals surface area contributed by atoms with Gasteiger partial charge in [0.05, 0.1) is 0 Å². The molecule has 13 aromatic carbocycles. The highest BCUT2D eigenvalue weighted by molar-refractivity contribution is 7.99. The van der Waals surface area contributed by atoms with Crippen LogP contribution in [0.1, 0.15) is 0 Å². The molecule has 0 aliphatic heterocycles. The third-order valence-electron chi connectivity index (χ3n) is 13.8. The van der Waals surface area contributed by atoms with E-state index in [1.54, 1.807) is 23.5 Å². The molecular weight excluding hydrogens is 933 g/mol. The molecule has 0 aliphatic carbocycles. The van der Waals surface area contributed by atoms with Crippen LogP contribution in [0.3, 0.4) is 0 Å². The molecule has 0 atom stereocenters. The van der Waals surface area contributed by atoms with Crippen LogP contribution in [0.15, 0.2) is 311 Å². The third-order valence-corrected chi connectivity index (χ3v) is 15.7. The maximum Gasteiger partial charge on any atom is 0.0482 e. The number of nitrogens with zero attached hydrogens (tertiary/aromatic N) is 2. The van der Waals surface area contributed by atoms with Gasteiger partial charge >= 0.3 is 0 Å². The minimum atomic E-state index is 1.04. The van der Waals surface area contributed by atoms with Gasteiger partial charge in [-0.2, -0.15) is 0 Å². The van der Waals surface area contributed by atoms with Gasteiger partial charge in [-0.1, -0.05) is 199 Å². The maximum atomic E-state index is 2.42. The molecule has 2 nitrogen and oxygen atoms in total. The smallest absolute Gasteiger partial charge is 0.0482 e. The van der Waals surface area contributed by atoms with Crippen LogP contribution >= 0.6 is 23.5 Å². The number of hydrogen-bond donors (Lipinski definition) is 0. The Balaban J connectivity index is 1.03. The van der Waals surface area contributed by atoms with Gasteiger partial charge in [0.15, 0.2) is 0 Å². The van der Waals surface area contributed by atoms with Crippen LogP contribution in [0, 0.1) is 0 Å². The van der Waals surface area contributed by atoms with Crippen molar-refractivity contribution in [3.63, 3.8) is 0 Å². The van der Waals surface area contributed by atoms with Gasteiger partial charge in [-0.15, -0.1) is 0 Å². The predicted octanol–water partition coefficient (Wildman–Crippen LogP) is 20.9. The van der Waals surface area contributed by atoms with Gasteiger partial charge in [0.1, 0.15) is 0 Å². The summed E-state index contributed by atoms with van der Waals surface area (Å²) in [6, 6.07) is 106. The Morgan fingerprint density at radius 1 is 0.203 bits per heavy atom. The van der Waals surface area contributed by atoms with Crippen molar-refractivity contribution in [2.45, 2.75) is 19.6 Å². The first kappa shape index (κ1) is 45.1. The first-order valence-electron chi connectivity index (χ1n) is 25.1. The Morgan fingerprint density at radius 3 is 0.878 bits per heavy atom. The Kier molecular flexibility index (Phi) is 12.2. The van der Waals surface area contributed by atoms with Crippen molar-refractivity contribution in [1.29, 1.82) is 0 Å². The van der Waals surface area contributed by atoms with E-state index in [9.17, 15) is 0 Å². The summed E-state index contributed by atoms with van der Waals surface area (Å²) in [5.74, 6) is 0. The second-order valence-electron chi connectivity index (χ2n) is 18.5. The van der Waals surface area contributed by atoms with E-state index in [1.807, 2.05) is 0 Å². The van der Waals surface area contributed by atoms with E-state index < -0.39 is 0 Å². The normalized spacial score (nSPS) is 11.4. The summed E-state index contributed by atoms with van der Waals surface area (Å²) >= 11 is 3.59. The molecule has 0 aromatic heterocycles. The van der Waals surface area contributed by atoms with E-state index in [1.165, 1.54) is 64.0 Å². The lowest BCUT2D eigenvalue weighted by atomic mass is 9.91. The summed E-state index contributed by atoms with van der Waals surface area (Å²) in [7, 11) is 0. The minimum absolute atomic E-state index is 1.04. The molecule has 4 heteroatoms. The average Bonchev–Trinajstić information content (AvgIpc) is 3.45. The topological polar surface area (TPSA) is 6.48 Å². The Bertz CT molecular complexity index is 3770. The summed E-state index contributed by atoms with van der Waals surface area (Å²) in [5.41, 5.74) is 11.1. The first-order chi connectivity index (χ1) is 36.7. The zero-order valence-corrected chi connectivity index (χ0v) is 42.1. The quantitative estimate of drug-likeness (QED) is 0.113. The minimum Gasteiger partial charge on any atom is -0.310 e. The highest BCUT2D eigenvalue weighted by Gasteiger charge is 2.22. The second-order valence-corrected chi connectivity index (χ2v) is 20.8. The fourth-order valence-electron chi connectivity index (χ4n) is 10.5. The molecule has 0 heterocycles. The van der Waals surface area contributed by atoms with Crippen LogP contribution < -0.4 is 9.80 Å². The maximum absolute atomic E-state index is 2.42. The van der Waals surface area contributed by atoms with Gasteiger partial charge in [-0.3, -0.25) is 0 Å². The van der Waals surface area contributed by atoms with E-state index in [-0.39, 0.29) is 0 Å². The second kappa shape index (κ2) is 20.0. The fourth-order valence-corrected chi connectivity index (χ4v) is 12.4. The lowest BCUT2D eigenvalue weighted by Crippen LogP contribution is -2.13. The SMILES string of the molecule is c1ccc(Sc2cc(-c3c4ccccc4cc4ccccc34)cc(N(c3ccccc3)c3cccc(N(c4ccccc4)c4cc(Sc5ccccc5)cc(-c5c6ccccc6cc6ccccc56)c4)c3)c2)cc1. The first-order valence-corrected chi connectivity index (χ1v) is 26.7. The van der Waals surface area contributed by atoms with Crippen LogP contribution in [0.25, 0.3) is 65.3 Å². The molecule has 0 amide bonds. The molecule has 0 N–H and O–H groups in total. The summed E-state index contributed by atoms with van der Waals surface area (Å²) in [6.07, 6.45) is 0. The number of benzene rings is 13. The zero-order chi connectivity index (χ0) is 49.2. The van der Waals surface area contributed by atoms with Crippen molar-refractivity contribution in [2.75, 3.05) is 9.80 Å². The summed E-state index contributed by atoms with van der Waals surface area (Å²) < 4.78 is 0. The molecule has 0 unspecified atom stereocenters. The van der Waals surface area contributed by atoms with E-state index in [0.29, 0.717) is 0 Å². The predicted molar refractivity (Wildman–Crippen MR) is 318 cm³/mol. The number of anilines is 6. The number of rotatable bonds is 12. The Labute approximate surface area is 440 Å². The molecule has 13 aromatic rings. The third kappa shape index (κ3) is 8.96. The molecule has 0 fully saturated rings. The molecule has 13 rings (SSSR count). The Morgan fingerprint density at radius 2 is 0.514 bits per heavy atom. The standard InChI is InChI=1S/C70H48N2S2/c1-5-26-55(27-6-1)71(59-42-53(44-63(47-59)73-61-32-9-3-10-33-61)69-65-36-17-13-22-49(65)40-50-23-14-18-37-66(50)69)57-30-21-31-58(46-57)72(56-28-7-2-8-29-56)60-43-54(45-64(48-60)74-62-34-11-4-12-35-62)70-67-38-19-15-24-51(67)41-52-25-16-20-39-68(52)70/h1-48H. The van der Waals surface area contributed by atoms with Gasteiger partial charge in [-0.05, 0) is 181 Å². The zero-order valence-electron chi connectivity index (χ0n) is 40.4. The van der Waals surface area contributed by atoms with Crippen LogP contribution in [0.4, 0.5) is 34.1 Å². The lowest BCUT2D eigenvalue weighted by molar-refractivity contribution is 1.23. The molecule has 0 saturated heterocycles. The Hall–Kier alpha value is -8.80. The molecule has 0 aliphatic rings. The van der Waals surface area contributed by atoms with E-state index in [0.717, 1.165) is 55.0 Å². The molecule has 0 radical (unpaired) electrons. The van der Waals surface area contributed by atoms with Gasteiger partial charge in [0, 0.05) is 53.7 Å². The molecule has 0 bridgehead atoms. The van der Waals surface area contributed by atoms with Gasteiger partial charge < -0.3 is 9.80 Å². The van der Waals surface area contributed by atoms with E-state index in [4.69, 9.17) is 0 Å². The summed E-state index contributed by atoms with van der Waals surface area (Å²) in [5, 5.41) is 9.81. The number of para-hydroxylation sites is 2. The fraction of sp³-hybridized carbons (Fsp3) is 0. The van der Waals surface area contributed by atoms with Crippen molar-refractivity contribution in [1.82, 2.24) is 0 Å². The van der Waals surface area contributed by atoms with E-state index >= 15 is 0 Å². The number of fused-ring (bicyclic) bond motifs is 4. The van der Waals surface area contributed by atoms with Crippen molar-refractivity contribution in [3.05, 3.63) is 291 Å².